The van der Waals surface area contributed by atoms with E-state index < -0.39 is 6.36 Å². The third-order valence-corrected chi connectivity index (χ3v) is 3.56. The molecule has 0 spiro atoms. The molecule has 1 aliphatic rings. The first-order valence-corrected chi connectivity index (χ1v) is 6.80. The molecule has 0 saturated heterocycles. The summed E-state index contributed by atoms with van der Waals surface area (Å²) in [4.78, 5) is 12.0. The Hall–Kier alpha value is -2.31. The molecule has 1 unspecified atom stereocenters. The van der Waals surface area contributed by atoms with E-state index in [4.69, 9.17) is 0 Å². The Bertz CT molecular complexity index is 705. The number of carbonyl (C=O) groups is 1. The minimum absolute atomic E-state index is 0.0528. The number of Topliss-reactive ketones (excluding diaryl/α,β-unsaturated/α-hetero) is 1. The number of rotatable bonds is 2. The highest BCUT2D eigenvalue weighted by atomic mass is 19.4. The lowest BCUT2D eigenvalue weighted by Crippen LogP contribution is -2.19. The molecule has 116 valence electrons. The van der Waals surface area contributed by atoms with Crippen LogP contribution in [0.1, 0.15) is 29.4 Å². The van der Waals surface area contributed by atoms with E-state index in [0.717, 1.165) is 5.69 Å². The van der Waals surface area contributed by atoms with Crippen LogP contribution in [-0.2, 0) is 6.42 Å². The second kappa shape index (κ2) is 5.15. The fourth-order valence-electron chi connectivity index (χ4n) is 2.64. The van der Waals surface area contributed by atoms with Gasteiger partial charge < -0.3 is 4.74 Å². The maximum atomic E-state index is 12.1. The largest absolute Gasteiger partial charge is 0.573 e. The van der Waals surface area contributed by atoms with Gasteiger partial charge in [0.2, 0.25) is 0 Å². The van der Waals surface area contributed by atoms with E-state index in [2.05, 4.69) is 9.84 Å². The van der Waals surface area contributed by atoms with Crippen molar-refractivity contribution in [3.8, 4) is 11.4 Å². The first-order valence-electron chi connectivity index (χ1n) is 6.80. The van der Waals surface area contributed by atoms with Gasteiger partial charge in [0.1, 0.15) is 5.75 Å². The van der Waals surface area contributed by atoms with Crippen LogP contribution >= 0.6 is 0 Å². The summed E-state index contributed by atoms with van der Waals surface area (Å²) in [6.45, 7) is 1.98. The van der Waals surface area contributed by atoms with E-state index in [1.165, 1.54) is 30.5 Å². The summed E-state index contributed by atoms with van der Waals surface area (Å²) in [5, 5.41) is 4.19. The van der Waals surface area contributed by atoms with Crippen molar-refractivity contribution in [3.63, 3.8) is 0 Å². The first kappa shape index (κ1) is 14.6. The van der Waals surface area contributed by atoms with Gasteiger partial charge in [-0.15, -0.1) is 13.2 Å². The Labute approximate surface area is 124 Å². The summed E-state index contributed by atoms with van der Waals surface area (Å²) in [5.74, 6) is -0.0120. The standard InChI is InChI=1S/C15H13F3N2O2/c1-9-6-13-12(14(21)7-9)8-19-20(13)10-2-4-11(5-3-10)22-15(16,17)18/h2-5,8-9H,6-7H2,1H3. The summed E-state index contributed by atoms with van der Waals surface area (Å²) in [7, 11) is 0. The van der Waals surface area contributed by atoms with Gasteiger partial charge in [0.25, 0.3) is 0 Å². The molecular formula is C15H13F3N2O2. The first-order chi connectivity index (χ1) is 10.3. The number of nitrogens with zero attached hydrogens (tertiary/aromatic N) is 2. The zero-order valence-electron chi connectivity index (χ0n) is 11.7. The van der Waals surface area contributed by atoms with Crippen molar-refractivity contribution in [1.29, 1.82) is 0 Å². The normalized spacial score (nSPS) is 18.2. The molecule has 0 amide bonds. The lowest BCUT2D eigenvalue weighted by Gasteiger charge is -2.19. The van der Waals surface area contributed by atoms with Crippen molar-refractivity contribution >= 4 is 5.78 Å². The van der Waals surface area contributed by atoms with Crippen molar-refractivity contribution in [1.82, 2.24) is 9.78 Å². The third-order valence-electron chi connectivity index (χ3n) is 3.56. The molecule has 1 atom stereocenters. The van der Waals surface area contributed by atoms with Gasteiger partial charge in [0, 0.05) is 6.42 Å². The van der Waals surface area contributed by atoms with Gasteiger partial charge in [0.05, 0.1) is 23.1 Å². The molecular weight excluding hydrogens is 297 g/mol. The number of carbonyl (C=O) groups excluding carboxylic acids is 1. The molecule has 3 rings (SSSR count). The summed E-state index contributed by atoms with van der Waals surface area (Å²) >= 11 is 0. The molecule has 1 aliphatic carbocycles. The van der Waals surface area contributed by atoms with Gasteiger partial charge in [-0.2, -0.15) is 5.10 Å². The Balaban J connectivity index is 1.91. The number of aromatic nitrogens is 2. The molecule has 0 saturated carbocycles. The number of hydrogen-bond donors (Lipinski definition) is 0. The summed E-state index contributed by atoms with van der Waals surface area (Å²) in [5.41, 5.74) is 1.99. The number of fused-ring (bicyclic) bond motifs is 1. The molecule has 0 aliphatic heterocycles. The topological polar surface area (TPSA) is 44.1 Å². The minimum Gasteiger partial charge on any atom is -0.406 e. The smallest absolute Gasteiger partial charge is 0.406 e. The van der Waals surface area contributed by atoms with Gasteiger partial charge in [-0.1, -0.05) is 6.92 Å². The zero-order valence-corrected chi connectivity index (χ0v) is 11.7. The molecule has 2 aromatic rings. The number of ketones is 1. The maximum Gasteiger partial charge on any atom is 0.573 e. The molecule has 0 fully saturated rings. The molecule has 7 heteroatoms. The van der Waals surface area contributed by atoms with Gasteiger partial charge in [-0.05, 0) is 36.6 Å². The number of ether oxygens (including phenoxy) is 1. The monoisotopic (exact) mass is 310 g/mol. The van der Waals surface area contributed by atoms with Crippen LogP contribution in [0.25, 0.3) is 5.69 Å². The SMILES string of the molecule is CC1CC(=O)c2cnn(-c3ccc(OC(F)(F)F)cc3)c2C1. The number of halogens is 3. The van der Waals surface area contributed by atoms with Gasteiger partial charge in [0.15, 0.2) is 5.78 Å². The van der Waals surface area contributed by atoms with E-state index in [9.17, 15) is 18.0 Å². The van der Waals surface area contributed by atoms with E-state index in [1.807, 2.05) is 6.92 Å². The van der Waals surface area contributed by atoms with Crippen LogP contribution in [0.3, 0.4) is 0 Å². The second-order valence-corrected chi connectivity index (χ2v) is 5.40. The lowest BCUT2D eigenvalue weighted by molar-refractivity contribution is -0.274. The number of hydrogen-bond acceptors (Lipinski definition) is 3. The lowest BCUT2D eigenvalue weighted by atomic mass is 9.88. The van der Waals surface area contributed by atoms with E-state index in [1.54, 1.807) is 4.68 Å². The fraction of sp³-hybridized carbons (Fsp3) is 0.333. The Kier molecular flexibility index (Phi) is 3.42. The van der Waals surface area contributed by atoms with Crippen LogP contribution in [-0.4, -0.2) is 21.9 Å². The van der Waals surface area contributed by atoms with Crippen LogP contribution in [0.15, 0.2) is 30.5 Å². The predicted molar refractivity (Wildman–Crippen MR) is 72.1 cm³/mol. The number of alkyl halides is 3. The van der Waals surface area contributed by atoms with Crippen LogP contribution in [0.5, 0.6) is 5.75 Å². The molecule has 1 heterocycles. The zero-order chi connectivity index (χ0) is 15.9. The van der Waals surface area contributed by atoms with E-state index in [-0.39, 0.29) is 17.5 Å². The Morgan fingerprint density at radius 2 is 1.91 bits per heavy atom. The highest BCUT2D eigenvalue weighted by Gasteiger charge is 2.31. The molecule has 1 aromatic carbocycles. The van der Waals surface area contributed by atoms with Crippen molar-refractivity contribution in [3.05, 3.63) is 41.7 Å². The Morgan fingerprint density at radius 1 is 1.23 bits per heavy atom. The van der Waals surface area contributed by atoms with Crippen molar-refractivity contribution in [2.75, 3.05) is 0 Å². The molecule has 4 nitrogen and oxygen atoms in total. The summed E-state index contributed by atoms with van der Waals surface area (Å²) < 4.78 is 41.9. The highest BCUT2D eigenvalue weighted by molar-refractivity contribution is 5.98. The fourth-order valence-corrected chi connectivity index (χ4v) is 2.64. The van der Waals surface area contributed by atoms with Crippen LogP contribution in [0, 0.1) is 5.92 Å². The Morgan fingerprint density at radius 3 is 2.55 bits per heavy atom. The molecule has 22 heavy (non-hydrogen) atoms. The minimum atomic E-state index is -4.71. The van der Waals surface area contributed by atoms with Crippen molar-refractivity contribution in [2.24, 2.45) is 5.92 Å². The molecule has 0 radical (unpaired) electrons. The second-order valence-electron chi connectivity index (χ2n) is 5.40. The predicted octanol–water partition coefficient (Wildman–Crippen LogP) is 3.54. The summed E-state index contributed by atoms with van der Waals surface area (Å²) in [6.07, 6.45) is -1.99. The average molecular weight is 310 g/mol. The van der Waals surface area contributed by atoms with E-state index in [0.29, 0.717) is 24.1 Å². The van der Waals surface area contributed by atoms with Gasteiger partial charge in [-0.25, -0.2) is 4.68 Å². The van der Waals surface area contributed by atoms with Crippen LogP contribution in [0.2, 0.25) is 0 Å². The number of benzene rings is 1. The van der Waals surface area contributed by atoms with E-state index >= 15 is 0 Å². The van der Waals surface area contributed by atoms with Crippen LogP contribution in [0.4, 0.5) is 13.2 Å². The summed E-state index contributed by atoms with van der Waals surface area (Å²) in [6, 6.07) is 5.42. The maximum absolute atomic E-state index is 12.1. The quantitative estimate of drug-likeness (QED) is 0.852. The van der Waals surface area contributed by atoms with Crippen molar-refractivity contribution in [2.45, 2.75) is 26.1 Å². The third kappa shape index (κ3) is 2.84. The van der Waals surface area contributed by atoms with Gasteiger partial charge >= 0.3 is 6.36 Å². The molecule has 1 aromatic heterocycles. The van der Waals surface area contributed by atoms with Crippen LogP contribution < -0.4 is 4.74 Å². The molecule has 0 N–H and O–H groups in total. The highest BCUT2D eigenvalue weighted by Crippen LogP contribution is 2.28. The average Bonchev–Trinajstić information content (AvgIpc) is 2.82. The van der Waals surface area contributed by atoms with Gasteiger partial charge in [-0.3, -0.25) is 4.79 Å². The molecule has 0 bridgehead atoms. The van der Waals surface area contributed by atoms with Crippen molar-refractivity contribution < 1.29 is 22.7 Å².